The number of anilines is 6. The lowest BCUT2D eigenvalue weighted by atomic mass is 9.33. The van der Waals surface area contributed by atoms with E-state index in [-0.39, 0.29) is 17.5 Å². The Morgan fingerprint density at radius 2 is 0.667 bits per heavy atom. The smallest absolute Gasteiger partial charge is 0.252 e. The Morgan fingerprint density at radius 1 is 0.333 bits per heavy atom. The summed E-state index contributed by atoms with van der Waals surface area (Å²) in [6.45, 7) is 9.50. The molecule has 246 valence electrons. The highest BCUT2D eigenvalue weighted by Crippen LogP contribution is 2.49. The summed E-state index contributed by atoms with van der Waals surface area (Å²) in [5.74, 6) is 0. The van der Waals surface area contributed by atoms with Gasteiger partial charge in [-0.2, -0.15) is 0 Å². The van der Waals surface area contributed by atoms with Crippen LogP contribution in [0, 0.1) is 0 Å². The number of hydrogen-bond acceptors (Lipinski definition) is 2. The zero-order valence-corrected chi connectivity index (χ0v) is 29.7. The van der Waals surface area contributed by atoms with Gasteiger partial charge in [0.15, 0.2) is 0 Å². The van der Waals surface area contributed by atoms with Gasteiger partial charge in [0, 0.05) is 33.6 Å². The van der Waals surface area contributed by atoms with E-state index in [4.69, 9.17) is 0 Å². The average molecular weight is 657 g/mol. The number of para-hydroxylation sites is 4. The van der Waals surface area contributed by atoms with Gasteiger partial charge in [-0.05, 0) is 75.0 Å². The van der Waals surface area contributed by atoms with E-state index in [1.165, 1.54) is 72.8 Å². The molecule has 2 nitrogen and oxygen atoms in total. The molecule has 9 rings (SSSR count). The SMILES string of the molecule is CC(C)(c1ccccc1)c1ccccc1N1c2ccccc2B2c3ccccc3N(c3ccccc3C(C)(C)c3ccccc3)c3cccc1c32. The van der Waals surface area contributed by atoms with Gasteiger partial charge < -0.3 is 9.80 Å². The van der Waals surface area contributed by atoms with Crippen molar-refractivity contribution in [3.05, 3.63) is 198 Å². The van der Waals surface area contributed by atoms with E-state index >= 15 is 0 Å². The standard InChI is InChI=1S/C48H41BN2/c1-47(2,34-20-7-5-8-21-34)36-24-11-15-28-40(36)50-42-30-17-13-26-38(42)49-39-27-14-18-31-43(39)51(45-33-19-32-44(50)46(45)49)41-29-16-12-25-37(41)48(3,4)35-22-9-6-10-23-35/h5-33H,1-4H3. The van der Waals surface area contributed by atoms with E-state index in [1.54, 1.807) is 0 Å². The van der Waals surface area contributed by atoms with Crippen LogP contribution >= 0.6 is 0 Å². The molecule has 7 aromatic carbocycles. The van der Waals surface area contributed by atoms with Crippen molar-refractivity contribution in [2.24, 2.45) is 0 Å². The van der Waals surface area contributed by atoms with Gasteiger partial charge >= 0.3 is 0 Å². The second-order valence-corrected chi connectivity index (χ2v) is 14.9. The highest BCUT2D eigenvalue weighted by molar-refractivity contribution is 7.00. The number of hydrogen-bond donors (Lipinski definition) is 0. The molecule has 51 heavy (non-hydrogen) atoms. The summed E-state index contributed by atoms with van der Waals surface area (Å²) in [6.07, 6.45) is 0. The van der Waals surface area contributed by atoms with Crippen LogP contribution in [0.25, 0.3) is 0 Å². The van der Waals surface area contributed by atoms with Crippen molar-refractivity contribution in [1.29, 1.82) is 0 Å². The first-order valence-corrected chi connectivity index (χ1v) is 18.1. The Kier molecular flexibility index (Phi) is 7.29. The van der Waals surface area contributed by atoms with E-state index in [1.807, 2.05) is 0 Å². The van der Waals surface area contributed by atoms with Gasteiger partial charge in [0.25, 0.3) is 6.71 Å². The summed E-state index contributed by atoms with van der Waals surface area (Å²) < 4.78 is 0. The van der Waals surface area contributed by atoms with Crippen molar-refractivity contribution in [2.75, 3.05) is 9.80 Å². The minimum Gasteiger partial charge on any atom is -0.311 e. The molecule has 0 saturated carbocycles. The largest absolute Gasteiger partial charge is 0.311 e. The van der Waals surface area contributed by atoms with Gasteiger partial charge in [-0.1, -0.05) is 167 Å². The van der Waals surface area contributed by atoms with Gasteiger partial charge in [0.2, 0.25) is 0 Å². The van der Waals surface area contributed by atoms with Crippen molar-refractivity contribution < 1.29 is 0 Å². The van der Waals surface area contributed by atoms with E-state index in [9.17, 15) is 0 Å². The summed E-state index contributed by atoms with van der Waals surface area (Å²) in [6, 6.07) is 64.8. The summed E-state index contributed by atoms with van der Waals surface area (Å²) in [5.41, 5.74) is 16.1. The minimum atomic E-state index is -0.223. The molecule has 0 aliphatic carbocycles. The average Bonchev–Trinajstić information content (AvgIpc) is 3.18. The second kappa shape index (κ2) is 11.9. The quantitative estimate of drug-likeness (QED) is 0.164. The Bertz CT molecular complexity index is 2230. The van der Waals surface area contributed by atoms with Crippen molar-refractivity contribution in [2.45, 2.75) is 38.5 Å². The van der Waals surface area contributed by atoms with E-state index in [0.29, 0.717) is 0 Å². The Labute approximate surface area is 302 Å². The molecule has 2 aliphatic rings. The molecule has 0 unspecified atom stereocenters. The first-order chi connectivity index (χ1) is 24.9. The summed E-state index contributed by atoms with van der Waals surface area (Å²) in [4.78, 5) is 5.08. The Hall–Kier alpha value is -5.80. The lowest BCUT2D eigenvalue weighted by Gasteiger charge is -2.45. The number of benzene rings is 7. The molecule has 2 heterocycles. The molecule has 7 aromatic rings. The predicted molar refractivity (Wildman–Crippen MR) is 218 cm³/mol. The van der Waals surface area contributed by atoms with Gasteiger partial charge in [-0.15, -0.1) is 0 Å². The predicted octanol–water partition coefficient (Wildman–Crippen LogP) is 10.4. The maximum absolute atomic E-state index is 2.54. The molecule has 0 saturated heterocycles. The second-order valence-electron chi connectivity index (χ2n) is 14.9. The van der Waals surface area contributed by atoms with Crippen LogP contribution in [-0.4, -0.2) is 6.71 Å². The van der Waals surface area contributed by atoms with Crippen molar-refractivity contribution in [3.8, 4) is 0 Å². The summed E-state index contributed by atoms with van der Waals surface area (Å²) in [7, 11) is 0. The van der Waals surface area contributed by atoms with Gasteiger partial charge in [0.05, 0.1) is 11.4 Å². The van der Waals surface area contributed by atoms with E-state index in [2.05, 4.69) is 213 Å². The molecule has 0 aromatic heterocycles. The van der Waals surface area contributed by atoms with Crippen LogP contribution in [0.4, 0.5) is 34.1 Å². The number of rotatable bonds is 6. The van der Waals surface area contributed by atoms with Crippen LogP contribution in [0.2, 0.25) is 0 Å². The first-order valence-electron chi connectivity index (χ1n) is 18.1. The first kappa shape index (κ1) is 31.2. The molecule has 0 bridgehead atoms. The molecule has 0 N–H and O–H groups in total. The van der Waals surface area contributed by atoms with E-state index < -0.39 is 0 Å². The van der Waals surface area contributed by atoms with Crippen molar-refractivity contribution in [1.82, 2.24) is 0 Å². The van der Waals surface area contributed by atoms with Crippen LogP contribution < -0.4 is 26.2 Å². The molecular weight excluding hydrogens is 615 g/mol. The molecule has 3 heteroatoms. The van der Waals surface area contributed by atoms with Crippen molar-refractivity contribution in [3.63, 3.8) is 0 Å². The highest BCUT2D eigenvalue weighted by atomic mass is 15.2. The summed E-state index contributed by atoms with van der Waals surface area (Å²) >= 11 is 0. The maximum Gasteiger partial charge on any atom is 0.252 e. The van der Waals surface area contributed by atoms with E-state index in [0.717, 1.165) is 0 Å². The molecule has 0 fully saturated rings. The van der Waals surface area contributed by atoms with Crippen molar-refractivity contribution >= 4 is 57.2 Å². The summed E-state index contributed by atoms with van der Waals surface area (Å²) in [5, 5.41) is 0. The maximum atomic E-state index is 2.54. The van der Waals surface area contributed by atoms with Crippen LogP contribution in [0.5, 0.6) is 0 Å². The fraction of sp³-hybridized carbons (Fsp3) is 0.125. The molecule has 2 aliphatic heterocycles. The van der Waals surface area contributed by atoms with Gasteiger partial charge in [-0.25, -0.2) is 0 Å². The Morgan fingerprint density at radius 3 is 1.10 bits per heavy atom. The zero-order chi connectivity index (χ0) is 34.7. The number of fused-ring (bicyclic) bond motifs is 4. The zero-order valence-electron chi connectivity index (χ0n) is 29.7. The third-order valence-corrected chi connectivity index (χ3v) is 11.4. The fourth-order valence-electron chi connectivity index (χ4n) is 8.77. The lowest BCUT2D eigenvalue weighted by Crippen LogP contribution is -2.61. The highest BCUT2D eigenvalue weighted by Gasteiger charge is 2.44. The monoisotopic (exact) mass is 656 g/mol. The third-order valence-electron chi connectivity index (χ3n) is 11.4. The van der Waals surface area contributed by atoms with Crippen LogP contribution in [0.15, 0.2) is 176 Å². The minimum absolute atomic E-state index is 0.0969. The van der Waals surface area contributed by atoms with Crippen LogP contribution in [0.3, 0.4) is 0 Å². The Balaban J connectivity index is 1.31. The van der Waals surface area contributed by atoms with Gasteiger partial charge in [0.1, 0.15) is 0 Å². The number of nitrogens with zero attached hydrogens (tertiary/aromatic N) is 2. The van der Waals surface area contributed by atoms with Crippen LogP contribution in [-0.2, 0) is 10.8 Å². The molecular formula is C48H41BN2. The normalized spacial score (nSPS) is 13.4. The molecule has 0 atom stereocenters. The molecule has 0 radical (unpaired) electrons. The lowest BCUT2D eigenvalue weighted by molar-refractivity contribution is 0.641. The van der Waals surface area contributed by atoms with Crippen LogP contribution in [0.1, 0.15) is 49.9 Å². The van der Waals surface area contributed by atoms with Gasteiger partial charge in [-0.3, -0.25) is 0 Å². The fourth-order valence-corrected chi connectivity index (χ4v) is 8.77. The third kappa shape index (κ3) is 4.79. The molecule has 0 spiro atoms. The molecule has 0 amide bonds. The topological polar surface area (TPSA) is 6.48 Å².